The smallest absolute Gasteiger partial charge is 0.303 e. The normalized spacial score (nSPS) is 50.1. The molecule has 1 aliphatic heterocycles. The zero-order valence-electron chi connectivity index (χ0n) is 30.6. The van der Waals surface area contributed by atoms with E-state index in [1.165, 1.54) is 13.8 Å². The Labute approximate surface area is 281 Å². The molecule has 5 aliphatic carbocycles. The van der Waals surface area contributed by atoms with Gasteiger partial charge in [0, 0.05) is 57.2 Å². The number of ether oxygens (including phenoxy) is 5. The van der Waals surface area contributed by atoms with Gasteiger partial charge in [-0.05, 0) is 78.1 Å². The summed E-state index contributed by atoms with van der Waals surface area (Å²) in [6.07, 6.45) is 8.92. The first-order chi connectivity index (χ1) is 22.2. The van der Waals surface area contributed by atoms with Gasteiger partial charge in [0.15, 0.2) is 6.10 Å². The van der Waals surface area contributed by atoms with E-state index in [2.05, 4.69) is 58.9 Å². The molecule has 0 aromatic heterocycles. The summed E-state index contributed by atoms with van der Waals surface area (Å²) in [6, 6.07) is 0. The Kier molecular flexibility index (Phi) is 8.78. The minimum Gasteiger partial charge on any atom is -0.462 e. The average Bonchev–Trinajstić information content (AvgIpc) is 3.22. The summed E-state index contributed by atoms with van der Waals surface area (Å²) in [4.78, 5) is 30.9. The molecular formula is C38H59NO8. The molecule has 6 rings (SSSR count). The van der Waals surface area contributed by atoms with Crippen molar-refractivity contribution in [3.63, 3.8) is 0 Å². The maximum absolute atomic E-state index is 12.8. The van der Waals surface area contributed by atoms with Crippen LogP contribution in [0.5, 0.6) is 0 Å². The molecule has 1 saturated heterocycles. The number of oxime groups is 1. The lowest BCUT2D eigenvalue weighted by Gasteiger charge is -2.61. The fraction of sp³-hybridized carbons (Fsp3) is 0.868. The highest BCUT2D eigenvalue weighted by Crippen LogP contribution is 2.89. The summed E-state index contributed by atoms with van der Waals surface area (Å²) >= 11 is 0. The summed E-state index contributed by atoms with van der Waals surface area (Å²) in [5, 5.41) is 4.40. The summed E-state index contributed by atoms with van der Waals surface area (Å²) in [5.41, 5.74) is 1.12. The number of esters is 2. The van der Waals surface area contributed by atoms with E-state index in [4.69, 9.17) is 28.5 Å². The van der Waals surface area contributed by atoms with Gasteiger partial charge in [-0.2, -0.15) is 0 Å². The van der Waals surface area contributed by atoms with Crippen LogP contribution in [0.15, 0.2) is 17.3 Å². The topological polar surface area (TPSA) is 102 Å². The Morgan fingerprint density at radius 3 is 2.38 bits per heavy atom. The number of carbonyl (C=O) groups excluding carboxylic acids is 2. The summed E-state index contributed by atoms with van der Waals surface area (Å²) < 4.78 is 31.1. The first kappa shape index (κ1) is 34.9. The number of allylic oxidation sites excluding steroid dienone is 2. The van der Waals surface area contributed by atoms with Crippen LogP contribution in [0.1, 0.15) is 87.5 Å². The first-order valence-electron chi connectivity index (χ1n) is 18.0. The van der Waals surface area contributed by atoms with Crippen LogP contribution in [-0.2, 0) is 38.1 Å². The van der Waals surface area contributed by atoms with Crippen molar-refractivity contribution in [3.8, 4) is 0 Å². The van der Waals surface area contributed by atoms with Gasteiger partial charge in [-0.15, -0.1) is 0 Å². The highest BCUT2D eigenvalue weighted by Gasteiger charge is 2.85. The number of hydrogen-bond acceptors (Lipinski definition) is 9. The molecule has 1 heterocycles. The van der Waals surface area contributed by atoms with Gasteiger partial charge in [-0.25, -0.2) is 0 Å². The van der Waals surface area contributed by atoms with Crippen LogP contribution in [0.25, 0.3) is 0 Å². The molecule has 47 heavy (non-hydrogen) atoms. The van der Waals surface area contributed by atoms with Crippen molar-refractivity contribution in [2.75, 3.05) is 34.5 Å². The van der Waals surface area contributed by atoms with Crippen LogP contribution >= 0.6 is 0 Å². The molecule has 0 aromatic rings. The van der Waals surface area contributed by atoms with E-state index < -0.39 is 11.9 Å². The van der Waals surface area contributed by atoms with Crippen molar-refractivity contribution in [2.24, 2.45) is 74.2 Å². The van der Waals surface area contributed by atoms with Gasteiger partial charge in [0.05, 0.1) is 18.9 Å². The van der Waals surface area contributed by atoms with Gasteiger partial charge in [-0.1, -0.05) is 52.8 Å². The number of rotatable bonds is 9. The van der Waals surface area contributed by atoms with Crippen LogP contribution in [0.2, 0.25) is 0 Å². The van der Waals surface area contributed by atoms with Gasteiger partial charge >= 0.3 is 11.9 Å². The van der Waals surface area contributed by atoms with E-state index in [-0.39, 0.29) is 63.4 Å². The zero-order valence-corrected chi connectivity index (χ0v) is 30.6. The Hall–Kier alpha value is -1.97. The van der Waals surface area contributed by atoms with Crippen molar-refractivity contribution in [1.82, 2.24) is 0 Å². The molecule has 9 heteroatoms. The van der Waals surface area contributed by atoms with Crippen LogP contribution in [0.3, 0.4) is 0 Å². The Bertz CT molecular complexity index is 1320. The number of nitrogens with zero attached hydrogens (tertiary/aromatic N) is 1. The van der Waals surface area contributed by atoms with Crippen molar-refractivity contribution in [3.05, 3.63) is 12.2 Å². The largest absolute Gasteiger partial charge is 0.462 e. The predicted octanol–water partition coefficient (Wildman–Crippen LogP) is 6.44. The lowest BCUT2D eigenvalue weighted by Crippen LogP contribution is -2.60. The quantitative estimate of drug-likeness (QED) is 0.206. The van der Waals surface area contributed by atoms with Gasteiger partial charge < -0.3 is 28.5 Å². The van der Waals surface area contributed by atoms with E-state index in [9.17, 15) is 9.59 Å². The third-order valence-electron chi connectivity index (χ3n) is 15.4. The number of hydrogen-bond donors (Lipinski definition) is 0. The molecule has 4 saturated carbocycles. The average molecular weight is 658 g/mol. The minimum atomic E-state index is -1.18. The lowest BCUT2D eigenvalue weighted by molar-refractivity contribution is -0.293. The Morgan fingerprint density at radius 2 is 1.77 bits per heavy atom. The molecule has 0 radical (unpaired) electrons. The zero-order chi connectivity index (χ0) is 34.3. The summed E-state index contributed by atoms with van der Waals surface area (Å²) in [6.45, 7) is 17.9. The van der Waals surface area contributed by atoms with Gasteiger partial charge in [0.1, 0.15) is 13.2 Å². The molecule has 0 bridgehead atoms. The van der Waals surface area contributed by atoms with Crippen molar-refractivity contribution >= 4 is 17.7 Å². The maximum atomic E-state index is 12.8. The standard InChI is InChI=1S/C38H59NO8/c1-21-19-45-38(43-10,28(21)20-42-9)33(47-26(6)41)23(3)32-30(46-25(5)40)18-35(8)31-13-12-27-22(2)29(39-44-11)14-15-36(27)24(4)37(31,36)17-16-34(32,35)7/h14-15,21-24,27-28,30-33H,12-13,16-20H2,1-11H3/b39-29+/t21?,22-,23-,24?,27?,28?,30-,31-,32-,33+,34+,35-,36?,37?,38?/m0/s1. The molecular weight excluding hydrogens is 598 g/mol. The maximum Gasteiger partial charge on any atom is 0.303 e. The second-order valence-electron chi connectivity index (χ2n) is 16.6. The minimum absolute atomic E-state index is 0.0724. The highest BCUT2D eigenvalue weighted by molar-refractivity contribution is 5.98. The SMILES string of the molecule is COCC1C(C)COC1(OC)[C@H](OC(C)=O)[C@@H](C)[C@H]1[C@@H](OC(C)=O)C[C@@]2(C)[C@@H]3CCC4[C@H](C)/C(=N/OC)C=CC45C(C)C35CC[C@]12C. The summed E-state index contributed by atoms with van der Waals surface area (Å²) in [7, 11) is 4.96. The lowest BCUT2D eigenvalue weighted by atomic mass is 9.43. The van der Waals surface area contributed by atoms with Crippen LogP contribution in [-0.4, -0.2) is 70.2 Å². The molecule has 6 aliphatic rings. The fourth-order valence-corrected chi connectivity index (χ4v) is 13.5. The van der Waals surface area contributed by atoms with Crippen molar-refractivity contribution in [2.45, 2.75) is 105 Å². The van der Waals surface area contributed by atoms with Crippen LogP contribution < -0.4 is 0 Å². The van der Waals surface area contributed by atoms with Crippen LogP contribution in [0, 0.1) is 69.0 Å². The van der Waals surface area contributed by atoms with Crippen LogP contribution in [0.4, 0.5) is 0 Å². The van der Waals surface area contributed by atoms with Crippen molar-refractivity contribution < 1.29 is 38.1 Å². The molecule has 7 unspecified atom stereocenters. The third kappa shape index (κ3) is 4.46. The first-order valence-corrected chi connectivity index (χ1v) is 18.0. The molecule has 9 nitrogen and oxygen atoms in total. The third-order valence-corrected chi connectivity index (χ3v) is 15.4. The van der Waals surface area contributed by atoms with Gasteiger partial charge in [0.25, 0.3) is 0 Å². The van der Waals surface area contributed by atoms with Crippen molar-refractivity contribution in [1.29, 1.82) is 0 Å². The molecule has 0 N–H and O–H groups in total. The predicted molar refractivity (Wildman–Crippen MR) is 177 cm³/mol. The van der Waals surface area contributed by atoms with E-state index in [0.717, 1.165) is 37.8 Å². The van der Waals surface area contributed by atoms with E-state index in [0.29, 0.717) is 36.9 Å². The fourth-order valence-electron chi connectivity index (χ4n) is 13.5. The second-order valence-corrected chi connectivity index (χ2v) is 16.6. The number of fused-ring (bicyclic) bond motifs is 2. The van der Waals surface area contributed by atoms with E-state index >= 15 is 0 Å². The summed E-state index contributed by atoms with van der Waals surface area (Å²) in [5.74, 6) is -0.194. The molecule has 0 aromatic carbocycles. The van der Waals surface area contributed by atoms with E-state index in [1.807, 2.05) is 0 Å². The van der Waals surface area contributed by atoms with Gasteiger partial charge in [-0.3, -0.25) is 9.59 Å². The number of carbonyl (C=O) groups is 2. The number of methoxy groups -OCH3 is 2. The molecule has 15 atom stereocenters. The molecule has 5 fully saturated rings. The van der Waals surface area contributed by atoms with Gasteiger partial charge in [0.2, 0.25) is 5.79 Å². The molecule has 2 spiro atoms. The molecule has 0 amide bonds. The highest BCUT2D eigenvalue weighted by atomic mass is 16.7. The Morgan fingerprint density at radius 1 is 1.04 bits per heavy atom. The Balaban J connectivity index is 1.42. The monoisotopic (exact) mass is 657 g/mol. The van der Waals surface area contributed by atoms with E-state index in [1.54, 1.807) is 21.3 Å². The second kappa shape index (κ2) is 11.8. The molecule has 264 valence electrons.